The van der Waals surface area contributed by atoms with Gasteiger partial charge in [0.2, 0.25) is 5.88 Å². The number of carbonyl (C=O) groups is 2. The molecule has 5 rings (SSSR count). The highest BCUT2D eigenvalue weighted by Crippen LogP contribution is 2.47. The summed E-state index contributed by atoms with van der Waals surface area (Å²) in [6, 6.07) is 10.7. The lowest BCUT2D eigenvalue weighted by molar-refractivity contribution is -0.114. The summed E-state index contributed by atoms with van der Waals surface area (Å²) < 4.78 is 7.74. The molecule has 1 aromatic carbocycles. The van der Waals surface area contributed by atoms with Gasteiger partial charge in [-0.2, -0.15) is 10.2 Å². The summed E-state index contributed by atoms with van der Waals surface area (Å²) in [5.74, 6) is 0.714. The fourth-order valence-corrected chi connectivity index (χ4v) is 5.26. The van der Waals surface area contributed by atoms with Crippen LogP contribution >= 0.6 is 11.6 Å². The van der Waals surface area contributed by atoms with Crippen LogP contribution in [-0.4, -0.2) is 38.2 Å². The number of allylic oxidation sites excluding steroid dienone is 3. The second-order valence-electron chi connectivity index (χ2n) is 9.42. The molecule has 0 saturated carbocycles. The van der Waals surface area contributed by atoms with Crippen LogP contribution in [0.25, 0.3) is 11.3 Å². The third kappa shape index (κ3) is 4.09. The van der Waals surface area contributed by atoms with E-state index in [4.69, 9.17) is 16.3 Å². The Labute approximate surface area is 225 Å². The molecular weight excluding hydrogens is 502 g/mol. The number of amides is 1. The number of rotatable bonds is 6. The average molecular weight is 528 g/mol. The molecule has 8 nitrogen and oxygen atoms in total. The van der Waals surface area contributed by atoms with E-state index < -0.39 is 6.04 Å². The number of nitrogens with zero attached hydrogens (tertiary/aromatic N) is 5. The van der Waals surface area contributed by atoms with Gasteiger partial charge in [0, 0.05) is 30.8 Å². The minimum absolute atomic E-state index is 0.0287. The average Bonchev–Trinajstić information content (AvgIpc) is 3.45. The predicted molar refractivity (Wildman–Crippen MR) is 143 cm³/mol. The maximum absolute atomic E-state index is 14.1. The van der Waals surface area contributed by atoms with Crippen molar-refractivity contribution in [3.8, 4) is 23.2 Å². The molecule has 1 amide bonds. The summed E-state index contributed by atoms with van der Waals surface area (Å²) in [5, 5.41) is 9.42. The summed E-state index contributed by atoms with van der Waals surface area (Å²) >= 11 is 6.22. The molecule has 2 aliphatic rings. The molecule has 0 radical (unpaired) electrons. The van der Waals surface area contributed by atoms with Crippen molar-refractivity contribution in [2.24, 2.45) is 0 Å². The largest absolute Gasteiger partial charge is 0.480 e. The van der Waals surface area contributed by atoms with Crippen LogP contribution in [0.3, 0.4) is 0 Å². The van der Waals surface area contributed by atoms with Gasteiger partial charge in [-0.15, -0.1) is 0 Å². The normalized spacial score (nSPS) is 16.9. The molecule has 2 aromatic heterocycles. The Balaban J connectivity index is 1.75. The molecule has 3 heterocycles. The highest BCUT2D eigenvalue weighted by Gasteiger charge is 2.44. The smallest absolute Gasteiger partial charge is 0.261 e. The number of hydrogen-bond donors (Lipinski definition) is 0. The van der Waals surface area contributed by atoms with Crippen molar-refractivity contribution in [3.63, 3.8) is 0 Å². The van der Waals surface area contributed by atoms with Gasteiger partial charge in [-0.1, -0.05) is 36.7 Å². The third-order valence-electron chi connectivity index (χ3n) is 6.82. The zero-order valence-electron chi connectivity index (χ0n) is 21.5. The molecule has 3 aromatic rings. The van der Waals surface area contributed by atoms with E-state index in [9.17, 15) is 14.9 Å². The highest BCUT2D eigenvalue weighted by atomic mass is 35.5. The first kappa shape index (κ1) is 25.4. The molecular formula is C29H26ClN5O3. The van der Waals surface area contributed by atoms with Crippen LogP contribution in [0.1, 0.15) is 72.3 Å². The van der Waals surface area contributed by atoms with Gasteiger partial charge in [0.25, 0.3) is 5.91 Å². The van der Waals surface area contributed by atoms with Crippen molar-refractivity contribution < 1.29 is 14.3 Å². The molecule has 1 unspecified atom stereocenters. The van der Waals surface area contributed by atoms with E-state index in [1.165, 1.54) is 0 Å². The molecule has 1 aliphatic heterocycles. The van der Waals surface area contributed by atoms with Crippen molar-refractivity contribution in [3.05, 3.63) is 87.6 Å². The molecule has 38 heavy (non-hydrogen) atoms. The number of aromatic nitrogens is 3. The SMILES string of the molecule is CCc1ncc(-c2cc3c(n2C(C)C)C(c2ccc(C#N)cc2)N(C2=CCC(=O)C(Cl)=C2)C3=O)c(OC)n1. The molecule has 1 atom stereocenters. The number of ether oxygens (including phenoxy) is 1. The Morgan fingerprint density at radius 3 is 2.55 bits per heavy atom. The number of halogens is 1. The van der Waals surface area contributed by atoms with Crippen LogP contribution in [-0.2, 0) is 11.2 Å². The standard InChI is InChI=1S/C29H26ClN5O3/c1-5-25-32-15-21(28(33-25)38-4)23-13-20-27(34(23)16(2)3)26(18-8-6-17(14-31)7-9-18)35(29(20)37)19-10-11-24(36)22(30)12-19/h6-10,12-13,15-16,26H,5,11H2,1-4H3. The van der Waals surface area contributed by atoms with E-state index in [1.54, 1.807) is 42.5 Å². The van der Waals surface area contributed by atoms with Gasteiger partial charge in [-0.25, -0.2) is 4.98 Å². The lowest BCUT2D eigenvalue weighted by Crippen LogP contribution is -2.30. The predicted octanol–water partition coefficient (Wildman–Crippen LogP) is 5.49. The Hall–Kier alpha value is -4.22. The van der Waals surface area contributed by atoms with Gasteiger partial charge in [-0.3, -0.25) is 14.5 Å². The van der Waals surface area contributed by atoms with Crippen molar-refractivity contribution in [1.29, 1.82) is 5.26 Å². The summed E-state index contributed by atoms with van der Waals surface area (Å²) in [4.78, 5) is 36.9. The molecule has 0 fully saturated rings. The topological polar surface area (TPSA) is 101 Å². The Morgan fingerprint density at radius 2 is 1.95 bits per heavy atom. The molecule has 1 aliphatic carbocycles. The minimum atomic E-state index is -0.511. The molecule has 9 heteroatoms. The summed E-state index contributed by atoms with van der Waals surface area (Å²) in [5.41, 5.74) is 4.71. The number of hydrogen-bond acceptors (Lipinski definition) is 6. The quantitative estimate of drug-likeness (QED) is 0.420. The molecule has 0 saturated heterocycles. The first-order valence-electron chi connectivity index (χ1n) is 12.4. The van der Waals surface area contributed by atoms with Gasteiger partial charge in [0.1, 0.15) is 11.9 Å². The van der Waals surface area contributed by atoms with Crippen LogP contribution in [0.4, 0.5) is 0 Å². The third-order valence-corrected chi connectivity index (χ3v) is 7.14. The zero-order valence-corrected chi connectivity index (χ0v) is 22.3. The number of aryl methyl sites for hydroxylation is 1. The first-order valence-corrected chi connectivity index (χ1v) is 12.8. The van der Waals surface area contributed by atoms with Crippen molar-refractivity contribution >= 4 is 23.3 Å². The van der Waals surface area contributed by atoms with Crippen LogP contribution < -0.4 is 4.74 Å². The van der Waals surface area contributed by atoms with E-state index in [0.29, 0.717) is 40.5 Å². The van der Waals surface area contributed by atoms with Gasteiger partial charge in [0.05, 0.1) is 46.3 Å². The molecule has 192 valence electrons. The second kappa shape index (κ2) is 9.92. The molecule has 0 spiro atoms. The maximum atomic E-state index is 14.1. The lowest BCUT2D eigenvalue weighted by Gasteiger charge is -2.30. The number of methoxy groups -OCH3 is 1. The van der Waals surface area contributed by atoms with E-state index in [-0.39, 0.29) is 29.2 Å². The van der Waals surface area contributed by atoms with Gasteiger partial charge < -0.3 is 9.30 Å². The van der Waals surface area contributed by atoms with Gasteiger partial charge in [0.15, 0.2) is 5.78 Å². The highest BCUT2D eigenvalue weighted by molar-refractivity contribution is 6.43. The van der Waals surface area contributed by atoms with E-state index in [1.807, 2.05) is 25.1 Å². The molecule has 0 N–H and O–H groups in total. The van der Waals surface area contributed by atoms with Gasteiger partial charge >= 0.3 is 0 Å². The summed E-state index contributed by atoms with van der Waals surface area (Å²) in [6.07, 6.45) is 5.81. The second-order valence-corrected chi connectivity index (χ2v) is 9.82. The Bertz CT molecular complexity index is 1560. The van der Waals surface area contributed by atoms with Crippen molar-refractivity contribution in [2.75, 3.05) is 7.11 Å². The summed E-state index contributed by atoms with van der Waals surface area (Å²) in [7, 11) is 1.57. The number of Topliss-reactive ketones (excluding diaryl/α,β-unsaturated/α-hetero) is 1. The first-order chi connectivity index (χ1) is 18.3. The fourth-order valence-electron chi connectivity index (χ4n) is 5.07. The van der Waals surface area contributed by atoms with Crippen molar-refractivity contribution in [1.82, 2.24) is 19.4 Å². The summed E-state index contributed by atoms with van der Waals surface area (Å²) in [6.45, 7) is 6.08. The lowest BCUT2D eigenvalue weighted by atomic mass is 10.0. The van der Waals surface area contributed by atoms with Gasteiger partial charge in [-0.05, 0) is 43.7 Å². The maximum Gasteiger partial charge on any atom is 0.261 e. The van der Waals surface area contributed by atoms with Crippen LogP contribution in [0.15, 0.2) is 59.4 Å². The van der Waals surface area contributed by atoms with E-state index in [2.05, 4.69) is 34.5 Å². The monoisotopic (exact) mass is 527 g/mol. The fraction of sp³-hybridized carbons (Fsp3) is 0.276. The molecule has 0 bridgehead atoms. The number of fused-ring (bicyclic) bond motifs is 1. The number of carbonyl (C=O) groups excluding carboxylic acids is 2. The van der Waals surface area contributed by atoms with Crippen LogP contribution in [0, 0.1) is 11.3 Å². The van der Waals surface area contributed by atoms with Crippen molar-refractivity contribution in [2.45, 2.75) is 45.7 Å². The number of ketones is 1. The van der Waals surface area contributed by atoms with Crippen LogP contribution in [0.5, 0.6) is 5.88 Å². The Morgan fingerprint density at radius 1 is 1.21 bits per heavy atom. The zero-order chi connectivity index (χ0) is 27.1. The van der Waals surface area contributed by atoms with E-state index in [0.717, 1.165) is 17.0 Å². The Kier molecular flexibility index (Phi) is 6.64. The number of nitriles is 1. The van der Waals surface area contributed by atoms with Crippen LogP contribution in [0.2, 0.25) is 0 Å². The number of benzene rings is 1. The minimum Gasteiger partial charge on any atom is -0.480 e. The van der Waals surface area contributed by atoms with E-state index >= 15 is 0 Å².